The Bertz CT molecular complexity index is 826. The molecular weight excluding hydrogens is 368 g/mol. The van der Waals surface area contributed by atoms with Crippen molar-refractivity contribution >= 4 is 11.8 Å². The number of amides is 2. The second-order valence-electron chi connectivity index (χ2n) is 7.75. The van der Waals surface area contributed by atoms with E-state index < -0.39 is 0 Å². The highest BCUT2D eigenvalue weighted by molar-refractivity contribution is 5.81. The third-order valence-corrected chi connectivity index (χ3v) is 5.75. The first kappa shape index (κ1) is 19.7. The Balaban J connectivity index is 1.29. The number of morpholine rings is 1. The first-order chi connectivity index (χ1) is 14.2. The summed E-state index contributed by atoms with van der Waals surface area (Å²) in [6.07, 6.45) is 2.72. The molecule has 2 saturated heterocycles. The van der Waals surface area contributed by atoms with E-state index in [-0.39, 0.29) is 17.7 Å². The minimum Gasteiger partial charge on any atom is -0.461 e. The number of piperidine rings is 1. The van der Waals surface area contributed by atoms with E-state index in [9.17, 15) is 9.59 Å². The number of hydrogen-bond acceptors (Lipinski definition) is 4. The van der Waals surface area contributed by atoms with Crippen molar-refractivity contribution in [1.82, 2.24) is 9.80 Å². The summed E-state index contributed by atoms with van der Waals surface area (Å²) >= 11 is 0. The molecule has 1 aromatic heterocycles. The summed E-state index contributed by atoms with van der Waals surface area (Å²) < 4.78 is 11.2. The fourth-order valence-corrected chi connectivity index (χ4v) is 4.11. The molecule has 154 valence electrons. The second-order valence-corrected chi connectivity index (χ2v) is 7.75. The smallest absolute Gasteiger partial charge is 0.227 e. The lowest BCUT2D eigenvalue weighted by molar-refractivity contribution is -0.144. The van der Waals surface area contributed by atoms with Gasteiger partial charge >= 0.3 is 0 Å². The van der Waals surface area contributed by atoms with Crippen LogP contribution in [-0.4, -0.2) is 61.0 Å². The highest BCUT2D eigenvalue weighted by Crippen LogP contribution is 2.24. The highest BCUT2D eigenvalue weighted by atomic mass is 16.5. The molecule has 0 N–H and O–H groups in total. The molecule has 2 aliphatic heterocycles. The molecule has 0 bridgehead atoms. The maximum atomic E-state index is 12.8. The van der Waals surface area contributed by atoms with Gasteiger partial charge in [0.2, 0.25) is 11.8 Å². The standard InChI is InChI=1S/C23H28N2O4/c26-22(11-9-20-8-10-21(29-20)18-5-2-1-3-6-18)25-12-4-7-19(17-25)23(27)24-13-15-28-16-14-24/h1-3,5-6,8,10,19H,4,7,9,11-17H2/t19-/m1/s1. The van der Waals surface area contributed by atoms with Crippen molar-refractivity contribution in [2.24, 2.45) is 5.92 Å². The molecule has 0 unspecified atom stereocenters. The van der Waals surface area contributed by atoms with Crippen LogP contribution in [0.4, 0.5) is 0 Å². The number of furan rings is 1. The predicted molar refractivity (Wildman–Crippen MR) is 109 cm³/mol. The number of benzene rings is 1. The van der Waals surface area contributed by atoms with E-state index in [1.165, 1.54) is 0 Å². The zero-order chi connectivity index (χ0) is 20.1. The summed E-state index contributed by atoms with van der Waals surface area (Å²) in [6, 6.07) is 13.8. The number of carbonyl (C=O) groups excluding carboxylic acids is 2. The first-order valence-corrected chi connectivity index (χ1v) is 10.5. The van der Waals surface area contributed by atoms with Crippen molar-refractivity contribution in [3.8, 4) is 11.3 Å². The summed E-state index contributed by atoms with van der Waals surface area (Å²) in [6.45, 7) is 3.79. The Labute approximate surface area is 171 Å². The number of rotatable bonds is 5. The quantitative estimate of drug-likeness (QED) is 0.780. The summed E-state index contributed by atoms with van der Waals surface area (Å²) in [4.78, 5) is 29.2. The molecule has 0 radical (unpaired) electrons. The van der Waals surface area contributed by atoms with Crippen LogP contribution in [0.1, 0.15) is 25.0 Å². The number of hydrogen-bond donors (Lipinski definition) is 0. The predicted octanol–water partition coefficient (Wildman–Crippen LogP) is 2.98. The summed E-state index contributed by atoms with van der Waals surface area (Å²) in [7, 11) is 0. The average Bonchev–Trinajstić information content (AvgIpc) is 3.27. The molecule has 1 aromatic carbocycles. The summed E-state index contributed by atoms with van der Waals surface area (Å²) in [5.74, 6) is 1.82. The van der Waals surface area contributed by atoms with E-state index in [0.717, 1.165) is 36.5 Å². The molecule has 0 spiro atoms. The summed E-state index contributed by atoms with van der Waals surface area (Å²) in [5.41, 5.74) is 1.03. The zero-order valence-corrected chi connectivity index (χ0v) is 16.7. The van der Waals surface area contributed by atoms with Gasteiger partial charge in [-0.25, -0.2) is 0 Å². The second kappa shape index (κ2) is 9.27. The maximum Gasteiger partial charge on any atom is 0.227 e. The molecule has 3 heterocycles. The monoisotopic (exact) mass is 396 g/mol. The molecule has 0 aliphatic carbocycles. The number of ether oxygens (including phenoxy) is 1. The van der Waals surface area contributed by atoms with Crippen molar-refractivity contribution in [2.45, 2.75) is 25.7 Å². The van der Waals surface area contributed by atoms with Gasteiger partial charge in [-0.3, -0.25) is 9.59 Å². The van der Waals surface area contributed by atoms with Gasteiger partial charge < -0.3 is 19.0 Å². The van der Waals surface area contributed by atoms with E-state index in [0.29, 0.717) is 45.7 Å². The lowest BCUT2D eigenvalue weighted by atomic mass is 9.96. The molecule has 4 rings (SSSR count). The third-order valence-electron chi connectivity index (χ3n) is 5.75. The Morgan fingerprint density at radius 3 is 2.55 bits per heavy atom. The highest BCUT2D eigenvalue weighted by Gasteiger charge is 2.31. The Hall–Kier alpha value is -2.60. The van der Waals surface area contributed by atoms with Gasteiger partial charge in [0.15, 0.2) is 0 Å². The first-order valence-electron chi connectivity index (χ1n) is 10.5. The van der Waals surface area contributed by atoms with Crippen LogP contribution in [0, 0.1) is 5.92 Å². The van der Waals surface area contributed by atoms with Gasteiger partial charge in [0, 0.05) is 44.6 Å². The number of aryl methyl sites for hydroxylation is 1. The number of likely N-dealkylation sites (tertiary alicyclic amines) is 1. The van der Waals surface area contributed by atoms with Crippen LogP contribution in [0.15, 0.2) is 46.9 Å². The van der Waals surface area contributed by atoms with E-state index in [2.05, 4.69) is 0 Å². The van der Waals surface area contributed by atoms with Gasteiger partial charge in [-0.2, -0.15) is 0 Å². The normalized spacial score (nSPS) is 19.9. The largest absolute Gasteiger partial charge is 0.461 e. The van der Waals surface area contributed by atoms with Crippen LogP contribution in [-0.2, 0) is 20.7 Å². The van der Waals surface area contributed by atoms with Crippen LogP contribution >= 0.6 is 0 Å². The Morgan fingerprint density at radius 1 is 0.966 bits per heavy atom. The zero-order valence-electron chi connectivity index (χ0n) is 16.7. The van der Waals surface area contributed by atoms with Crippen LogP contribution in [0.5, 0.6) is 0 Å². The average molecular weight is 396 g/mol. The van der Waals surface area contributed by atoms with Crippen molar-refractivity contribution in [3.05, 3.63) is 48.2 Å². The molecule has 2 amide bonds. The fourth-order valence-electron chi connectivity index (χ4n) is 4.11. The molecule has 6 heteroatoms. The molecule has 29 heavy (non-hydrogen) atoms. The van der Waals surface area contributed by atoms with E-state index in [1.54, 1.807) is 0 Å². The molecule has 2 aliphatic rings. The van der Waals surface area contributed by atoms with E-state index in [4.69, 9.17) is 9.15 Å². The molecule has 2 fully saturated rings. The fraction of sp³-hybridized carbons (Fsp3) is 0.478. The van der Waals surface area contributed by atoms with Gasteiger partial charge in [-0.1, -0.05) is 30.3 Å². The molecule has 6 nitrogen and oxygen atoms in total. The van der Waals surface area contributed by atoms with Crippen molar-refractivity contribution < 1.29 is 18.7 Å². The minimum atomic E-state index is -0.0842. The minimum absolute atomic E-state index is 0.0842. The number of carbonyl (C=O) groups is 2. The molecule has 1 atom stereocenters. The SMILES string of the molecule is O=C(CCc1ccc(-c2ccccc2)o1)N1CCC[C@@H](C(=O)N2CCOCC2)C1. The number of nitrogens with zero attached hydrogens (tertiary/aromatic N) is 2. The lowest BCUT2D eigenvalue weighted by Gasteiger charge is -2.36. The molecule has 0 saturated carbocycles. The molecule has 2 aromatic rings. The maximum absolute atomic E-state index is 12.8. The van der Waals surface area contributed by atoms with Gasteiger partial charge in [-0.05, 0) is 25.0 Å². The van der Waals surface area contributed by atoms with Crippen LogP contribution in [0.2, 0.25) is 0 Å². The lowest BCUT2D eigenvalue weighted by Crippen LogP contribution is -2.49. The van der Waals surface area contributed by atoms with Gasteiger partial charge in [-0.15, -0.1) is 0 Å². The Morgan fingerprint density at radius 2 is 1.76 bits per heavy atom. The third kappa shape index (κ3) is 4.88. The Kier molecular flexibility index (Phi) is 6.30. The topological polar surface area (TPSA) is 63.0 Å². The van der Waals surface area contributed by atoms with Gasteiger partial charge in [0.1, 0.15) is 11.5 Å². The summed E-state index contributed by atoms with van der Waals surface area (Å²) in [5, 5.41) is 0. The van der Waals surface area contributed by atoms with E-state index in [1.807, 2.05) is 52.3 Å². The van der Waals surface area contributed by atoms with Crippen molar-refractivity contribution in [1.29, 1.82) is 0 Å². The van der Waals surface area contributed by atoms with Gasteiger partial charge in [0.25, 0.3) is 0 Å². The van der Waals surface area contributed by atoms with Crippen molar-refractivity contribution in [3.63, 3.8) is 0 Å². The molecular formula is C23H28N2O4. The van der Waals surface area contributed by atoms with Crippen LogP contribution in [0.25, 0.3) is 11.3 Å². The van der Waals surface area contributed by atoms with Crippen molar-refractivity contribution in [2.75, 3.05) is 39.4 Å². The van der Waals surface area contributed by atoms with Gasteiger partial charge in [0.05, 0.1) is 19.1 Å². The van der Waals surface area contributed by atoms with E-state index >= 15 is 0 Å². The van der Waals surface area contributed by atoms with Crippen LogP contribution in [0.3, 0.4) is 0 Å². The van der Waals surface area contributed by atoms with Crippen LogP contribution < -0.4 is 0 Å².